The van der Waals surface area contributed by atoms with E-state index in [1.54, 1.807) is 60.9 Å². The Morgan fingerprint density at radius 3 is 1.94 bits per heavy atom. The molecule has 1 amide bonds. The molecule has 0 fully saturated rings. The van der Waals surface area contributed by atoms with Crippen LogP contribution in [0.25, 0.3) is 22.6 Å². The van der Waals surface area contributed by atoms with Gasteiger partial charge < -0.3 is 53.1 Å². The highest BCUT2D eigenvalue weighted by molar-refractivity contribution is 6.02. The predicted molar refractivity (Wildman–Crippen MR) is 203 cm³/mol. The van der Waals surface area contributed by atoms with Crippen LogP contribution < -0.4 is 48.5 Å². The van der Waals surface area contributed by atoms with Crippen LogP contribution in [0.5, 0.6) is 46.0 Å². The van der Waals surface area contributed by atoms with Gasteiger partial charge in [-0.15, -0.1) is 0 Å². The molecule has 0 aliphatic carbocycles. The Morgan fingerprint density at radius 2 is 1.31 bits per heavy atom. The van der Waals surface area contributed by atoms with E-state index < -0.39 is 6.17 Å². The normalized spacial score (nSPS) is 14.5. The van der Waals surface area contributed by atoms with Crippen molar-refractivity contribution >= 4 is 11.6 Å². The monoisotopic (exact) mass is 739 g/mol. The summed E-state index contributed by atoms with van der Waals surface area (Å²) in [5.41, 5.74) is 5.18. The Labute approximate surface area is 314 Å². The number of hydrogen-bond donors (Lipinski definition) is 2. The summed E-state index contributed by atoms with van der Waals surface area (Å²) in [5.74, 6) is 4.21. The number of benzene rings is 4. The number of amides is 1. The maximum Gasteiger partial charge on any atom is 0.255 e. The van der Waals surface area contributed by atoms with Gasteiger partial charge >= 0.3 is 0 Å². The lowest BCUT2D eigenvalue weighted by Crippen LogP contribution is -2.38. The van der Waals surface area contributed by atoms with Crippen LogP contribution >= 0.6 is 0 Å². The van der Waals surface area contributed by atoms with Crippen molar-refractivity contribution in [2.24, 2.45) is 5.92 Å². The van der Waals surface area contributed by atoms with Gasteiger partial charge in [-0.25, -0.2) is 0 Å². The highest BCUT2D eigenvalue weighted by Crippen LogP contribution is 2.45. The zero-order valence-corrected chi connectivity index (χ0v) is 31.8. The molecular weight excluding hydrogens is 694 g/mol. The van der Waals surface area contributed by atoms with E-state index in [0.717, 1.165) is 16.8 Å². The average molecular weight is 740 g/mol. The van der Waals surface area contributed by atoms with Crippen LogP contribution in [-0.2, 0) is 0 Å². The van der Waals surface area contributed by atoms with E-state index in [1.165, 1.54) is 0 Å². The quantitative estimate of drug-likeness (QED) is 0.109. The lowest BCUT2D eigenvalue weighted by Gasteiger charge is -2.29. The number of nitrogens with zero attached hydrogens (tertiary/aromatic N) is 1. The van der Waals surface area contributed by atoms with Gasteiger partial charge in [-0.2, -0.15) is 0 Å². The van der Waals surface area contributed by atoms with E-state index in [1.807, 2.05) is 69.3 Å². The molecular formula is C41H45N3O10. The number of aromatic nitrogens is 1. The summed E-state index contributed by atoms with van der Waals surface area (Å²) in [6.45, 7) is 6.27. The number of carbonyl (C=O) groups is 1. The Morgan fingerprint density at radius 1 is 0.685 bits per heavy atom. The molecule has 6 rings (SSSR count). The highest BCUT2D eigenvalue weighted by atomic mass is 16.6. The SMILES string of the molecule is COc1cc(C2NC(=O)c3cc(C)ccc3N2)ccc1OC[C@@H](C)C(C)Oc1c(OC)cc(-c2cc(-c3cc(OC)c(OC)c(OC)c3)on2)cc1OC. The molecule has 5 aromatic rings. The van der Waals surface area contributed by atoms with E-state index in [-0.39, 0.29) is 17.9 Å². The second-order valence-corrected chi connectivity index (χ2v) is 12.8. The minimum atomic E-state index is -0.424. The van der Waals surface area contributed by atoms with Gasteiger partial charge in [0, 0.05) is 28.8 Å². The number of fused-ring (bicyclic) bond motifs is 1. The largest absolute Gasteiger partial charge is 0.493 e. The molecule has 0 spiro atoms. The molecule has 54 heavy (non-hydrogen) atoms. The molecule has 13 nitrogen and oxygen atoms in total. The summed E-state index contributed by atoms with van der Waals surface area (Å²) in [7, 11) is 9.37. The number of nitrogens with one attached hydrogen (secondary N) is 2. The second kappa shape index (κ2) is 16.2. The van der Waals surface area contributed by atoms with E-state index in [4.69, 9.17) is 42.4 Å². The van der Waals surface area contributed by atoms with Gasteiger partial charge in [0.2, 0.25) is 11.5 Å². The maximum atomic E-state index is 12.8. The summed E-state index contributed by atoms with van der Waals surface area (Å²) in [6.07, 6.45) is -0.736. The maximum absolute atomic E-state index is 12.8. The van der Waals surface area contributed by atoms with Crippen molar-refractivity contribution in [2.75, 3.05) is 54.6 Å². The summed E-state index contributed by atoms with van der Waals surface area (Å²) >= 11 is 0. The molecule has 0 saturated carbocycles. The first-order chi connectivity index (χ1) is 26.1. The topological polar surface area (TPSA) is 141 Å². The Hall–Kier alpha value is -6.24. The lowest BCUT2D eigenvalue weighted by atomic mass is 10.0. The highest BCUT2D eigenvalue weighted by Gasteiger charge is 2.27. The fraction of sp³-hybridized carbons (Fsp3) is 0.317. The summed E-state index contributed by atoms with van der Waals surface area (Å²) in [6, 6.07) is 20.4. The van der Waals surface area contributed by atoms with Crippen LogP contribution in [0.2, 0.25) is 0 Å². The summed E-state index contributed by atoms with van der Waals surface area (Å²) in [4.78, 5) is 12.8. The Balaban J connectivity index is 1.14. The van der Waals surface area contributed by atoms with E-state index in [0.29, 0.717) is 80.7 Å². The zero-order chi connectivity index (χ0) is 38.5. The van der Waals surface area contributed by atoms with Gasteiger partial charge in [0.1, 0.15) is 18.0 Å². The zero-order valence-electron chi connectivity index (χ0n) is 31.8. The number of anilines is 1. The molecule has 3 atom stereocenters. The van der Waals surface area contributed by atoms with Crippen molar-refractivity contribution in [1.29, 1.82) is 0 Å². The molecule has 13 heteroatoms. The van der Waals surface area contributed by atoms with E-state index >= 15 is 0 Å². The van der Waals surface area contributed by atoms with Crippen LogP contribution in [-0.4, -0.2) is 66.4 Å². The molecule has 0 radical (unpaired) electrons. The number of carbonyl (C=O) groups excluding carboxylic acids is 1. The first-order valence-electron chi connectivity index (χ1n) is 17.3. The van der Waals surface area contributed by atoms with Crippen LogP contribution in [0, 0.1) is 12.8 Å². The molecule has 4 aromatic carbocycles. The van der Waals surface area contributed by atoms with Gasteiger partial charge in [-0.05, 0) is 67.9 Å². The van der Waals surface area contributed by atoms with Crippen LogP contribution in [0.4, 0.5) is 5.69 Å². The molecule has 2 unspecified atom stereocenters. The van der Waals surface area contributed by atoms with Crippen molar-refractivity contribution in [3.8, 4) is 68.6 Å². The van der Waals surface area contributed by atoms with Crippen LogP contribution in [0.1, 0.15) is 41.5 Å². The fourth-order valence-corrected chi connectivity index (χ4v) is 6.10. The number of aryl methyl sites for hydroxylation is 1. The van der Waals surface area contributed by atoms with Gasteiger partial charge in [0.25, 0.3) is 5.91 Å². The third kappa shape index (κ3) is 7.61. The third-order valence-corrected chi connectivity index (χ3v) is 9.34. The standard InChI is InChI=1S/C41H45N3O10/c1-22-10-12-29-28(14-22)41(45)43-40(42-29)25-11-13-31(33(15-25)46-4)52-21-23(2)24(3)53-39-36(49-7)16-26(17-37(39)50-8)30-20-32(54-44-30)27-18-34(47-5)38(51-9)35(19-27)48-6/h10-20,23-24,40,42H,21H2,1-9H3,(H,43,45)/t23-,24?,40?/m1/s1. The summed E-state index contributed by atoms with van der Waals surface area (Å²) in [5, 5.41) is 10.7. The second-order valence-electron chi connectivity index (χ2n) is 12.8. The lowest BCUT2D eigenvalue weighted by molar-refractivity contribution is 0.0935. The molecule has 284 valence electrons. The van der Waals surface area contributed by atoms with E-state index in [9.17, 15) is 4.79 Å². The third-order valence-electron chi connectivity index (χ3n) is 9.34. The average Bonchev–Trinajstić information content (AvgIpc) is 3.70. The van der Waals surface area contributed by atoms with Crippen molar-refractivity contribution in [2.45, 2.75) is 33.0 Å². The minimum Gasteiger partial charge on any atom is -0.493 e. The van der Waals surface area contributed by atoms with Gasteiger partial charge in [0.05, 0.1) is 54.8 Å². The van der Waals surface area contributed by atoms with E-state index in [2.05, 4.69) is 15.8 Å². The molecule has 2 N–H and O–H groups in total. The predicted octanol–water partition coefficient (Wildman–Crippen LogP) is 7.71. The van der Waals surface area contributed by atoms with Crippen molar-refractivity contribution in [1.82, 2.24) is 10.5 Å². The van der Waals surface area contributed by atoms with Gasteiger partial charge in [-0.3, -0.25) is 4.79 Å². The molecule has 1 aromatic heterocycles. The number of methoxy groups -OCH3 is 6. The van der Waals surface area contributed by atoms with Crippen molar-refractivity contribution in [3.05, 3.63) is 83.4 Å². The van der Waals surface area contributed by atoms with Crippen LogP contribution in [0.3, 0.4) is 0 Å². The number of ether oxygens (including phenoxy) is 8. The number of rotatable bonds is 15. The molecule has 0 saturated heterocycles. The molecule has 1 aliphatic rings. The Kier molecular flexibility index (Phi) is 11.2. The first kappa shape index (κ1) is 37.5. The molecule has 0 bridgehead atoms. The van der Waals surface area contributed by atoms with Crippen molar-refractivity contribution in [3.63, 3.8) is 0 Å². The first-order valence-corrected chi connectivity index (χ1v) is 17.3. The minimum absolute atomic E-state index is 0.0701. The fourth-order valence-electron chi connectivity index (χ4n) is 6.10. The van der Waals surface area contributed by atoms with Crippen LogP contribution in [0.15, 0.2) is 71.3 Å². The summed E-state index contributed by atoms with van der Waals surface area (Å²) < 4.78 is 52.1. The van der Waals surface area contributed by atoms with Crippen molar-refractivity contribution < 1.29 is 47.2 Å². The number of hydrogen-bond acceptors (Lipinski definition) is 12. The molecule has 1 aliphatic heterocycles. The van der Waals surface area contributed by atoms with Gasteiger partial charge in [-0.1, -0.05) is 29.8 Å². The molecule has 2 heterocycles. The smallest absolute Gasteiger partial charge is 0.255 e. The van der Waals surface area contributed by atoms with Gasteiger partial charge in [0.15, 0.2) is 40.3 Å². The Bertz CT molecular complexity index is 2080.